The largest absolute Gasteiger partial charge is 0.480 e. The summed E-state index contributed by atoms with van der Waals surface area (Å²) in [6.45, 7) is 1.06. The predicted molar refractivity (Wildman–Crippen MR) is 538 cm³/mol. The molecule has 19 atom stereocenters. The molecular formula is C90H148N28O28S2. The summed E-state index contributed by atoms with van der Waals surface area (Å²) in [4.78, 5) is 299. The number of nitrogens with one attached hydrogen (secondary N) is 21. The van der Waals surface area contributed by atoms with Gasteiger partial charge in [0.15, 0.2) is 5.96 Å². The van der Waals surface area contributed by atoms with E-state index in [2.05, 4.69) is 119 Å². The van der Waals surface area contributed by atoms with E-state index in [0.29, 0.717) is 24.0 Å². The Labute approximate surface area is 864 Å². The predicted octanol–water partition coefficient (Wildman–Crippen LogP) is -14.1. The van der Waals surface area contributed by atoms with Gasteiger partial charge in [-0.1, -0.05) is 74.5 Å². The smallest absolute Gasteiger partial charge is 0.328 e. The summed E-state index contributed by atoms with van der Waals surface area (Å²) < 4.78 is 0. The molecule has 21 amide bonds. The van der Waals surface area contributed by atoms with Crippen molar-refractivity contribution in [3.8, 4) is 0 Å². The van der Waals surface area contributed by atoms with Gasteiger partial charge in [-0.25, -0.2) is 4.79 Å². The molecule has 41 N–H and O–H groups in total. The Hall–Kier alpha value is -13.6. The molecule has 0 heterocycles. The number of hydrogen-bond acceptors (Lipinski definition) is 34. The summed E-state index contributed by atoms with van der Waals surface area (Å²) in [6.07, 6.45) is -3.50. The van der Waals surface area contributed by atoms with Crippen LogP contribution in [0.3, 0.4) is 0 Å². The summed E-state index contributed by atoms with van der Waals surface area (Å²) in [5, 5.41) is 116. The number of rotatable bonds is 74. The topological polar surface area (TPSA) is 944 Å². The lowest BCUT2D eigenvalue weighted by Gasteiger charge is -2.29. The number of carboxylic acid groups (broad SMARTS) is 1. The third-order valence-corrected chi connectivity index (χ3v) is 23.2. The lowest BCUT2D eigenvalue weighted by Crippen LogP contribution is -2.62. The lowest BCUT2D eigenvalue weighted by molar-refractivity contribution is -0.143. The van der Waals surface area contributed by atoms with E-state index in [1.165, 1.54) is 32.5 Å². The molecule has 0 aliphatic rings. The van der Waals surface area contributed by atoms with Crippen molar-refractivity contribution in [3.63, 3.8) is 0 Å². The number of unbranched alkanes of at least 4 members (excludes halogenated alkanes) is 3. The number of hydrogen-bond donors (Lipinski definition) is 35. The molecule has 2 aromatic carbocycles. The molecule has 0 saturated carbocycles. The van der Waals surface area contributed by atoms with Crippen LogP contribution >= 0.6 is 24.4 Å². The number of amides is 21. The molecular weight excluding hydrogens is 1990 g/mol. The Balaban J connectivity index is 2.34. The van der Waals surface area contributed by atoms with Crippen molar-refractivity contribution >= 4 is 160 Å². The van der Waals surface area contributed by atoms with Gasteiger partial charge in [-0.05, 0) is 153 Å². The first-order valence-electron chi connectivity index (χ1n) is 47.8. The number of carbonyl (C=O) groups is 22. The summed E-state index contributed by atoms with van der Waals surface area (Å²) in [7, 11) is 0. The minimum absolute atomic E-state index is 0.00340. The maximum atomic E-state index is 14.7. The highest BCUT2D eigenvalue weighted by atomic mass is 32.2. The van der Waals surface area contributed by atoms with Crippen LogP contribution in [0.4, 0.5) is 0 Å². The molecule has 0 saturated heterocycles. The van der Waals surface area contributed by atoms with Gasteiger partial charge in [0.25, 0.3) is 0 Å². The van der Waals surface area contributed by atoms with Crippen molar-refractivity contribution in [2.45, 2.75) is 259 Å². The van der Waals surface area contributed by atoms with Crippen molar-refractivity contribution in [1.82, 2.24) is 106 Å². The van der Waals surface area contributed by atoms with E-state index in [4.69, 9.17) is 45.5 Å². The summed E-state index contributed by atoms with van der Waals surface area (Å²) in [5.41, 5.74) is 40.2. The number of guanidine groups is 1. The molecule has 0 aliphatic heterocycles. The maximum absolute atomic E-state index is 14.7. The van der Waals surface area contributed by atoms with Crippen LogP contribution in [0.1, 0.15) is 142 Å². The molecule has 0 fully saturated rings. The zero-order valence-corrected chi connectivity index (χ0v) is 85.1. The summed E-state index contributed by atoms with van der Waals surface area (Å²) in [6, 6.07) is -11.4. The highest BCUT2D eigenvalue weighted by molar-refractivity contribution is 7.98. The zero-order chi connectivity index (χ0) is 111. The minimum atomic E-state index is -2.02. The van der Waals surface area contributed by atoms with Crippen LogP contribution in [0.25, 0.3) is 0 Å². The van der Waals surface area contributed by atoms with Crippen LogP contribution in [-0.2, 0) is 118 Å². The number of carboxylic acids is 1. The SMILES string of the molecule is CSCC[C@H](NC(=O)CNC(=O)[C@@H](NC(=O)CNC(=O)[C@@H](NC(=O)CNC(=O)[C@H](CC(N)=O)NC(=O)[C@H](CS)NC(=O)[C@H](Cc1ccccc1)NC(=O)[C@@H](N)CO)C(C)C)[C@@H](C)O)C(=O)N[C@@H](CCCCN)C(=O)N[C@@H](CCCCN)C(=O)N[C@H](C(=O)N[C@@H](CO)C(=O)N[C@@H](Cc1ccccc1)C(=O)N[C@@H](CCC(N)=O)C(=O)N[C@@H](CCCNC(=N)N)C(=O)N[C@@H](C)C(=O)N[C@@H](CCCCN)C(=O)N[C@@H](CO)C(=O)O)[C@@H](C)O. The van der Waals surface area contributed by atoms with E-state index < -0.39 is 321 Å². The van der Waals surface area contributed by atoms with E-state index in [1.54, 1.807) is 66.9 Å². The molecule has 828 valence electrons. The van der Waals surface area contributed by atoms with Crippen LogP contribution in [0.5, 0.6) is 0 Å². The standard InChI is InChI=1S/C90H148N28O28S2/c1-46(2)70(116-68(127)40-100-75(131)61(38-66(96)125)112-85(141)64(45-147)115-83(139)59(110-74(130)52(94)42-119)36-50-20-9-7-10-21-50)86(142)101-41-69(128)117-71(48(4)122)87(143)102-39-67(126)104-58(30-35-148-6)80(136)106-54(25-14-17-32-92)77(133)107-55(26-15-18-33-93)81(137)118-72(49(5)123)88(144)113-62(43-120)84(140)111-60(37-51-22-11-8-12-23-51)82(138)109-57(28-29-65(95)124)79(135)108-56(27-19-34-99-90(97)98)76(132)103-47(3)73(129)105-53(24-13-16-31-91)78(134)114-63(44-121)89(145)146/h7-12,20-23,46-49,52-64,70-72,119-123,147H,13-19,24-45,91-94H2,1-6H3,(H2,95,124)(H2,96,125)(H,100,131)(H,101,142)(H,102,143)(H,103,132)(H,104,126)(H,105,129)(H,106,136)(H,107,133)(H,108,135)(H,109,138)(H,110,130)(H,111,140)(H,112,141)(H,113,144)(H,114,134)(H,115,139)(H,116,127)(H,117,128)(H,118,137)(H,145,146)(H4,97,98,99)/t47-,48+,49+,52-,53-,54-,55-,56-,57-,58-,59-,60-,61-,62-,63-,64-,70-,71-,72-/m0/s1. The van der Waals surface area contributed by atoms with E-state index in [-0.39, 0.29) is 109 Å². The molecule has 0 spiro atoms. The molecule has 0 radical (unpaired) electrons. The summed E-state index contributed by atoms with van der Waals surface area (Å²) in [5.74, 6) is -25.1. The first-order chi connectivity index (χ1) is 70.0. The summed E-state index contributed by atoms with van der Waals surface area (Å²) >= 11 is 5.39. The van der Waals surface area contributed by atoms with E-state index in [1.807, 2.05) is 0 Å². The zero-order valence-electron chi connectivity index (χ0n) is 83.4. The maximum Gasteiger partial charge on any atom is 0.328 e. The van der Waals surface area contributed by atoms with E-state index in [0.717, 1.165) is 13.8 Å². The first kappa shape index (κ1) is 130. The normalized spacial score (nSPS) is 14.9. The number of nitrogens with two attached hydrogens (primary N) is 7. The second-order valence-electron chi connectivity index (χ2n) is 34.8. The highest BCUT2D eigenvalue weighted by Crippen LogP contribution is 2.15. The molecule has 148 heavy (non-hydrogen) atoms. The highest BCUT2D eigenvalue weighted by Gasteiger charge is 2.40. The Kier molecular flexibility index (Phi) is 62.6. The Bertz CT molecular complexity index is 4710. The minimum Gasteiger partial charge on any atom is -0.480 e. The number of carbonyl (C=O) groups excluding carboxylic acids is 21. The fourth-order valence-corrected chi connectivity index (χ4v) is 14.6. The second kappa shape index (κ2) is 71.1. The molecule has 0 unspecified atom stereocenters. The Morgan fingerprint density at radius 1 is 0.351 bits per heavy atom. The molecule has 2 aromatic rings. The first-order valence-corrected chi connectivity index (χ1v) is 49.8. The number of thiol groups is 1. The molecule has 2 rings (SSSR count). The van der Waals surface area contributed by atoms with Gasteiger partial charge in [-0.2, -0.15) is 24.4 Å². The molecule has 0 aliphatic carbocycles. The van der Waals surface area contributed by atoms with Gasteiger partial charge in [0, 0.05) is 31.6 Å². The fraction of sp³-hybridized carbons (Fsp3) is 0.611. The van der Waals surface area contributed by atoms with Crippen LogP contribution < -0.4 is 146 Å². The molecule has 0 bridgehead atoms. The van der Waals surface area contributed by atoms with Crippen molar-refractivity contribution in [1.29, 1.82) is 5.41 Å². The van der Waals surface area contributed by atoms with Gasteiger partial charge in [-0.15, -0.1) is 0 Å². The number of thioether (sulfide) groups is 1. The molecule has 56 nitrogen and oxygen atoms in total. The average Bonchev–Trinajstić information content (AvgIpc) is 0.845. The second-order valence-corrected chi connectivity index (χ2v) is 36.2. The number of aliphatic hydroxyl groups excluding tert-OH is 5. The van der Waals surface area contributed by atoms with Crippen LogP contribution in [-0.4, -0.2) is 365 Å². The monoisotopic (exact) mass is 2130 g/mol. The van der Waals surface area contributed by atoms with Crippen molar-refractivity contribution in [2.75, 3.05) is 83.4 Å². The Morgan fingerprint density at radius 3 is 1.10 bits per heavy atom. The number of aliphatic carboxylic acids is 1. The van der Waals surface area contributed by atoms with Crippen LogP contribution in [0.15, 0.2) is 60.7 Å². The number of benzene rings is 2. The molecule has 0 aromatic heterocycles. The van der Waals surface area contributed by atoms with Gasteiger partial charge in [-0.3, -0.25) is 106 Å². The fourth-order valence-electron chi connectivity index (χ4n) is 13.9. The van der Waals surface area contributed by atoms with Gasteiger partial charge in [0.2, 0.25) is 124 Å². The van der Waals surface area contributed by atoms with Gasteiger partial charge in [0.05, 0.1) is 58.1 Å². The Morgan fingerprint density at radius 2 is 0.696 bits per heavy atom. The van der Waals surface area contributed by atoms with Gasteiger partial charge < -0.3 is 177 Å². The third-order valence-electron chi connectivity index (χ3n) is 22.2. The number of primary amides is 2. The lowest BCUT2D eigenvalue weighted by atomic mass is 10.0. The van der Waals surface area contributed by atoms with Crippen LogP contribution in [0, 0.1) is 11.3 Å². The number of aliphatic hydroxyl groups is 5. The van der Waals surface area contributed by atoms with Crippen molar-refractivity contribution in [2.24, 2.45) is 46.1 Å². The van der Waals surface area contributed by atoms with E-state index in [9.17, 15) is 136 Å². The average molecular weight is 2130 g/mol. The van der Waals surface area contributed by atoms with Crippen molar-refractivity contribution < 1.29 is 136 Å². The quantitative estimate of drug-likeness (QED) is 0.0127. The van der Waals surface area contributed by atoms with Crippen molar-refractivity contribution in [3.05, 3.63) is 71.8 Å². The van der Waals surface area contributed by atoms with E-state index >= 15 is 0 Å². The van der Waals surface area contributed by atoms with Crippen LogP contribution in [0.2, 0.25) is 0 Å². The third kappa shape index (κ3) is 50.7. The molecule has 58 heteroatoms. The van der Waals surface area contributed by atoms with Gasteiger partial charge in [0.1, 0.15) is 103 Å². The van der Waals surface area contributed by atoms with Gasteiger partial charge >= 0.3 is 5.97 Å².